The lowest BCUT2D eigenvalue weighted by Crippen LogP contribution is -2.41. The zero-order valence-corrected chi connectivity index (χ0v) is 21.3. The quantitative estimate of drug-likeness (QED) is 0.391. The summed E-state index contributed by atoms with van der Waals surface area (Å²) in [7, 11) is -3.82. The Labute approximate surface area is 216 Å². The second-order valence-corrected chi connectivity index (χ2v) is 11.1. The highest BCUT2D eigenvalue weighted by Crippen LogP contribution is 2.31. The molecular weight excluding hydrogens is 491 g/mol. The number of anilines is 1. The zero-order valence-electron chi connectivity index (χ0n) is 20.4. The van der Waals surface area contributed by atoms with E-state index in [9.17, 15) is 22.9 Å². The molecule has 1 aliphatic carbocycles. The first kappa shape index (κ1) is 26.3. The summed E-state index contributed by atoms with van der Waals surface area (Å²) in [5.41, 5.74) is 8.96. The van der Waals surface area contributed by atoms with Gasteiger partial charge in [0.25, 0.3) is 0 Å². The predicted octanol–water partition coefficient (Wildman–Crippen LogP) is 4.66. The molecule has 0 aliphatic heterocycles. The minimum absolute atomic E-state index is 0.0520. The Hall–Kier alpha value is -3.74. The van der Waals surface area contributed by atoms with E-state index in [0.29, 0.717) is 42.4 Å². The van der Waals surface area contributed by atoms with Crippen molar-refractivity contribution < 1.29 is 17.6 Å². The molecule has 37 heavy (non-hydrogen) atoms. The van der Waals surface area contributed by atoms with Gasteiger partial charge in [0, 0.05) is 28.8 Å². The standard InChI is InChI=1S/C28H29FN4O3S/c1-18(19-6-10-22(29)11-7-19)32-28(34)20-8-12-23(13-9-20)33-37(35,36)24-14-15-26(27(31)16-24)25-5-3-2-4-21(25)17-30/h2-7,10-11,14-16,18,20,23,33H,8-9,12-13,31H2,1H3,(H,32,34)/t18-,20?,23?/m1/s1. The van der Waals surface area contributed by atoms with Crippen LogP contribution in [0.4, 0.5) is 10.1 Å². The number of sulfonamides is 1. The van der Waals surface area contributed by atoms with E-state index in [4.69, 9.17) is 5.73 Å². The molecule has 4 N–H and O–H groups in total. The van der Waals surface area contributed by atoms with Gasteiger partial charge in [0.15, 0.2) is 0 Å². The molecule has 0 saturated heterocycles. The number of nitrogen functional groups attached to an aromatic ring is 1. The van der Waals surface area contributed by atoms with Gasteiger partial charge in [0.2, 0.25) is 15.9 Å². The molecule has 3 aromatic rings. The molecule has 192 valence electrons. The molecule has 0 bridgehead atoms. The van der Waals surface area contributed by atoms with E-state index in [-0.39, 0.29) is 40.3 Å². The van der Waals surface area contributed by atoms with Gasteiger partial charge in [0.05, 0.1) is 22.6 Å². The first-order chi connectivity index (χ1) is 17.7. The van der Waals surface area contributed by atoms with Crippen molar-refractivity contribution in [2.24, 2.45) is 5.92 Å². The van der Waals surface area contributed by atoms with E-state index in [0.717, 1.165) is 5.56 Å². The molecule has 1 saturated carbocycles. The van der Waals surface area contributed by atoms with Gasteiger partial charge < -0.3 is 11.1 Å². The van der Waals surface area contributed by atoms with Crippen molar-refractivity contribution in [2.45, 2.75) is 49.6 Å². The predicted molar refractivity (Wildman–Crippen MR) is 140 cm³/mol. The summed E-state index contributed by atoms with van der Waals surface area (Å²) in [5, 5.41) is 12.3. The number of benzene rings is 3. The van der Waals surface area contributed by atoms with Crippen LogP contribution in [0.2, 0.25) is 0 Å². The number of nitrogens with zero attached hydrogens (tertiary/aromatic N) is 1. The van der Waals surface area contributed by atoms with Gasteiger partial charge in [0.1, 0.15) is 5.82 Å². The Kier molecular flexibility index (Phi) is 7.91. The molecule has 1 atom stereocenters. The summed E-state index contributed by atoms with van der Waals surface area (Å²) in [6, 6.07) is 19.1. The second kappa shape index (κ2) is 11.1. The van der Waals surface area contributed by atoms with Gasteiger partial charge in [-0.1, -0.05) is 36.4 Å². The fraction of sp³-hybridized carbons (Fsp3) is 0.286. The van der Waals surface area contributed by atoms with Gasteiger partial charge in [-0.05, 0) is 68.5 Å². The number of hydrogen-bond acceptors (Lipinski definition) is 5. The molecule has 4 rings (SSSR count). The van der Waals surface area contributed by atoms with Crippen LogP contribution in [0.15, 0.2) is 71.6 Å². The lowest BCUT2D eigenvalue weighted by Gasteiger charge is -2.29. The Bertz CT molecular complexity index is 1430. The van der Waals surface area contributed by atoms with Crippen LogP contribution in [0, 0.1) is 23.1 Å². The van der Waals surface area contributed by atoms with E-state index in [1.165, 1.54) is 24.3 Å². The van der Waals surface area contributed by atoms with Gasteiger partial charge in [-0.2, -0.15) is 5.26 Å². The topological polar surface area (TPSA) is 125 Å². The Morgan fingerprint density at radius 2 is 1.70 bits per heavy atom. The van der Waals surface area contributed by atoms with Crippen LogP contribution in [0.3, 0.4) is 0 Å². The first-order valence-electron chi connectivity index (χ1n) is 12.1. The van der Waals surface area contributed by atoms with E-state index in [1.54, 1.807) is 42.5 Å². The number of amides is 1. The summed E-state index contributed by atoms with van der Waals surface area (Å²) in [6.45, 7) is 1.85. The van der Waals surface area contributed by atoms with Crippen LogP contribution >= 0.6 is 0 Å². The van der Waals surface area contributed by atoms with Crippen LogP contribution in [0.5, 0.6) is 0 Å². The number of carbonyl (C=O) groups is 1. The minimum Gasteiger partial charge on any atom is -0.398 e. The highest BCUT2D eigenvalue weighted by molar-refractivity contribution is 7.89. The Morgan fingerprint density at radius 1 is 1.03 bits per heavy atom. The van der Waals surface area contributed by atoms with Crippen molar-refractivity contribution in [3.63, 3.8) is 0 Å². The average Bonchev–Trinajstić information content (AvgIpc) is 2.89. The molecule has 1 aliphatic rings. The van der Waals surface area contributed by atoms with Gasteiger partial charge in [-0.15, -0.1) is 0 Å². The zero-order chi connectivity index (χ0) is 26.6. The number of nitrogens with one attached hydrogen (secondary N) is 2. The Morgan fingerprint density at radius 3 is 2.35 bits per heavy atom. The molecule has 1 amide bonds. The molecule has 1 fully saturated rings. The molecule has 0 radical (unpaired) electrons. The third kappa shape index (κ3) is 6.16. The highest BCUT2D eigenvalue weighted by atomic mass is 32.2. The summed E-state index contributed by atoms with van der Waals surface area (Å²) in [5.74, 6) is -0.621. The number of rotatable bonds is 7. The van der Waals surface area contributed by atoms with Crippen molar-refractivity contribution in [3.8, 4) is 17.2 Å². The molecule has 0 aromatic heterocycles. The lowest BCUT2D eigenvalue weighted by atomic mass is 9.85. The van der Waals surface area contributed by atoms with E-state index in [1.807, 2.05) is 6.92 Å². The van der Waals surface area contributed by atoms with Gasteiger partial charge in [-0.3, -0.25) is 4.79 Å². The fourth-order valence-corrected chi connectivity index (χ4v) is 6.04. The SMILES string of the molecule is C[C@@H](NC(=O)C1CCC(NS(=O)(=O)c2ccc(-c3ccccc3C#N)c(N)c2)CC1)c1ccc(F)cc1. The van der Waals surface area contributed by atoms with Crippen LogP contribution in [-0.2, 0) is 14.8 Å². The molecule has 0 unspecified atom stereocenters. The molecule has 9 heteroatoms. The third-order valence-corrected chi connectivity index (χ3v) is 8.34. The van der Waals surface area contributed by atoms with Gasteiger partial charge in [-0.25, -0.2) is 17.5 Å². The maximum absolute atomic E-state index is 13.1. The van der Waals surface area contributed by atoms with Crippen molar-refractivity contribution in [1.29, 1.82) is 5.26 Å². The van der Waals surface area contributed by atoms with E-state index < -0.39 is 10.0 Å². The number of hydrogen-bond donors (Lipinski definition) is 3. The van der Waals surface area contributed by atoms with Crippen LogP contribution < -0.4 is 15.8 Å². The maximum Gasteiger partial charge on any atom is 0.240 e. The largest absolute Gasteiger partial charge is 0.398 e. The summed E-state index contributed by atoms with van der Waals surface area (Å²) >= 11 is 0. The molecule has 3 aromatic carbocycles. The van der Waals surface area contributed by atoms with Crippen molar-refractivity contribution in [3.05, 3.63) is 83.7 Å². The van der Waals surface area contributed by atoms with Crippen LogP contribution in [-0.4, -0.2) is 20.4 Å². The lowest BCUT2D eigenvalue weighted by molar-refractivity contribution is -0.126. The van der Waals surface area contributed by atoms with Crippen LogP contribution in [0.1, 0.15) is 49.8 Å². The second-order valence-electron chi connectivity index (χ2n) is 9.36. The highest BCUT2D eigenvalue weighted by Gasteiger charge is 2.30. The number of nitriles is 1. The van der Waals surface area contributed by atoms with Crippen molar-refractivity contribution in [2.75, 3.05) is 5.73 Å². The fourth-order valence-electron chi connectivity index (χ4n) is 4.70. The number of nitrogens with two attached hydrogens (primary N) is 1. The Balaban J connectivity index is 1.35. The van der Waals surface area contributed by atoms with Crippen LogP contribution in [0.25, 0.3) is 11.1 Å². The van der Waals surface area contributed by atoms with E-state index >= 15 is 0 Å². The maximum atomic E-state index is 13.1. The van der Waals surface area contributed by atoms with Crippen molar-refractivity contribution in [1.82, 2.24) is 10.0 Å². The van der Waals surface area contributed by atoms with E-state index in [2.05, 4.69) is 16.1 Å². The monoisotopic (exact) mass is 520 g/mol. The first-order valence-corrected chi connectivity index (χ1v) is 13.6. The number of halogens is 1. The molecule has 0 spiro atoms. The summed E-state index contributed by atoms with van der Waals surface area (Å²) in [4.78, 5) is 12.8. The smallest absolute Gasteiger partial charge is 0.240 e. The summed E-state index contributed by atoms with van der Waals surface area (Å²) < 4.78 is 42.0. The normalized spacial score (nSPS) is 18.5. The van der Waals surface area contributed by atoms with Crippen molar-refractivity contribution >= 4 is 21.6 Å². The molecular formula is C28H29FN4O3S. The van der Waals surface area contributed by atoms with Gasteiger partial charge >= 0.3 is 0 Å². The number of carbonyl (C=O) groups excluding carboxylic acids is 1. The summed E-state index contributed by atoms with van der Waals surface area (Å²) in [6.07, 6.45) is 2.18. The third-order valence-electron chi connectivity index (χ3n) is 6.82. The molecule has 0 heterocycles. The average molecular weight is 521 g/mol. The minimum atomic E-state index is -3.82. The molecule has 7 nitrogen and oxygen atoms in total.